The second-order valence-electron chi connectivity index (χ2n) is 4.58. The largest absolute Gasteiger partial charge is 0.478 e. The van der Waals surface area contributed by atoms with Crippen molar-refractivity contribution < 1.29 is 14.3 Å². The van der Waals surface area contributed by atoms with E-state index >= 15 is 0 Å². The Hall–Kier alpha value is -2.62. The summed E-state index contributed by atoms with van der Waals surface area (Å²) < 4.78 is 15.5. The molecule has 0 atom stereocenters. The van der Waals surface area contributed by atoms with Gasteiger partial charge in [-0.25, -0.2) is 9.18 Å². The topological polar surface area (TPSA) is 42.2 Å². The van der Waals surface area contributed by atoms with Gasteiger partial charge in [0.25, 0.3) is 0 Å². The predicted molar refractivity (Wildman–Crippen MR) is 74.4 cm³/mol. The molecule has 3 rings (SSSR count). The highest BCUT2D eigenvalue weighted by atomic mass is 19.1. The maximum absolute atomic E-state index is 13.7. The number of halogens is 1. The molecule has 3 aromatic rings. The Morgan fingerprint density at radius 3 is 2.65 bits per heavy atom. The van der Waals surface area contributed by atoms with Crippen molar-refractivity contribution >= 4 is 16.9 Å². The van der Waals surface area contributed by atoms with Gasteiger partial charge in [-0.2, -0.15) is 0 Å². The molecule has 0 fully saturated rings. The lowest BCUT2D eigenvalue weighted by atomic mass is 10.1. The number of aromatic nitrogens is 1. The molecule has 4 heteroatoms. The molecule has 0 radical (unpaired) electrons. The number of nitrogens with zero attached hydrogens (tertiary/aromatic N) is 1. The van der Waals surface area contributed by atoms with Gasteiger partial charge in [-0.05, 0) is 18.2 Å². The average Bonchev–Trinajstić information content (AvgIpc) is 2.84. The molecule has 0 aliphatic rings. The molecule has 0 unspecified atom stereocenters. The molecule has 0 saturated heterocycles. The first-order valence-corrected chi connectivity index (χ1v) is 6.21. The summed E-state index contributed by atoms with van der Waals surface area (Å²) in [6.45, 7) is 0.306. The Morgan fingerprint density at radius 2 is 1.90 bits per heavy atom. The van der Waals surface area contributed by atoms with Crippen molar-refractivity contribution in [2.45, 2.75) is 6.54 Å². The van der Waals surface area contributed by atoms with E-state index in [1.54, 1.807) is 41.1 Å². The van der Waals surface area contributed by atoms with Crippen molar-refractivity contribution in [1.29, 1.82) is 0 Å². The molecular weight excluding hydrogens is 257 g/mol. The Kier molecular flexibility index (Phi) is 2.99. The van der Waals surface area contributed by atoms with Gasteiger partial charge >= 0.3 is 5.97 Å². The Labute approximate surface area is 114 Å². The molecule has 20 heavy (non-hydrogen) atoms. The number of carbonyl (C=O) groups is 1. The number of para-hydroxylation sites is 1. The van der Waals surface area contributed by atoms with Crippen LogP contribution in [0.25, 0.3) is 10.9 Å². The van der Waals surface area contributed by atoms with E-state index in [0.717, 1.165) is 5.39 Å². The van der Waals surface area contributed by atoms with Gasteiger partial charge in [0.15, 0.2) is 0 Å². The zero-order valence-corrected chi connectivity index (χ0v) is 10.6. The van der Waals surface area contributed by atoms with Crippen LogP contribution < -0.4 is 0 Å². The zero-order chi connectivity index (χ0) is 14.1. The van der Waals surface area contributed by atoms with Gasteiger partial charge in [0.05, 0.1) is 17.6 Å². The summed E-state index contributed by atoms with van der Waals surface area (Å²) in [5.41, 5.74) is 1.37. The van der Waals surface area contributed by atoms with E-state index in [-0.39, 0.29) is 11.4 Å². The van der Waals surface area contributed by atoms with Gasteiger partial charge in [0.1, 0.15) is 5.82 Å². The lowest BCUT2D eigenvalue weighted by Gasteiger charge is -2.08. The van der Waals surface area contributed by atoms with Crippen LogP contribution in [0, 0.1) is 5.82 Å². The van der Waals surface area contributed by atoms with Crippen molar-refractivity contribution in [3.63, 3.8) is 0 Å². The van der Waals surface area contributed by atoms with Gasteiger partial charge in [0.2, 0.25) is 0 Å². The summed E-state index contributed by atoms with van der Waals surface area (Å²) in [5, 5.41) is 10.1. The number of carboxylic acid groups (broad SMARTS) is 1. The smallest absolute Gasteiger partial charge is 0.337 e. The van der Waals surface area contributed by atoms with E-state index in [4.69, 9.17) is 0 Å². The van der Waals surface area contributed by atoms with Crippen LogP contribution in [0.1, 0.15) is 15.9 Å². The standard InChI is InChI=1S/C16H12FNO2/c17-14-7-2-1-4-12(14)10-18-9-8-11-5-3-6-13(15(11)18)16(19)20/h1-9H,10H2,(H,19,20). The molecule has 1 heterocycles. The number of fused-ring (bicyclic) bond motifs is 1. The Morgan fingerprint density at radius 1 is 1.10 bits per heavy atom. The van der Waals surface area contributed by atoms with Gasteiger partial charge in [-0.3, -0.25) is 0 Å². The molecule has 0 spiro atoms. The lowest BCUT2D eigenvalue weighted by molar-refractivity contribution is 0.0698. The fourth-order valence-electron chi connectivity index (χ4n) is 2.38. The number of carboxylic acids is 1. The van der Waals surface area contributed by atoms with Gasteiger partial charge in [0, 0.05) is 17.1 Å². The average molecular weight is 269 g/mol. The maximum Gasteiger partial charge on any atom is 0.337 e. The highest BCUT2D eigenvalue weighted by Crippen LogP contribution is 2.22. The fraction of sp³-hybridized carbons (Fsp3) is 0.0625. The van der Waals surface area contributed by atoms with Crippen LogP contribution in [0.3, 0.4) is 0 Å². The first-order valence-electron chi connectivity index (χ1n) is 6.21. The van der Waals surface area contributed by atoms with Crippen LogP contribution in [0.4, 0.5) is 4.39 Å². The third-order valence-electron chi connectivity index (χ3n) is 3.32. The summed E-state index contributed by atoms with van der Waals surface area (Å²) >= 11 is 0. The van der Waals surface area contributed by atoms with E-state index in [0.29, 0.717) is 17.6 Å². The molecule has 2 aromatic carbocycles. The van der Waals surface area contributed by atoms with E-state index in [2.05, 4.69) is 0 Å². The highest BCUT2D eigenvalue weighted by Gasteiger charge is 2.13. The minimum Gasteiger partial charge on any atom is -0.478 e. The van der Waals surface area contributed by atoms with E-state index in [1.165, 1.54) is 6.07 Å². The van der Waals surface area contributed by atoms with Crippen molar-refractivity contribution in [2.24, 2.45) is 0 Å². The molecule has 0 aliphatic heterocycles. The number of benzene rings is 2. The van der Waals surface area contributed by atoms with Crippen molar-refractivity contribution in [3.8, 4) is 0 Å². The molecule has 0 amide bonds. The minimum atomic E-state index is -0.982. The van der Waals surface area contributed by atoms with E-state index < -0.39 is 5.97 Å². The van der Waals surface area contributed by atoms with Crippen molar-refractivity contribution in [2.75, 3.05) is 0 Å². The summed E-state index contributed by atoms with van der Waals surface area (Å²) in [5.74, 6) is -1.27. The summed E-state index contributed by atoms with van der Waals surface area (Å²) in [4.78, 5) is 11.3. The second-order valence-corrected chi connectivity index (χ2v) is 4.58. The molecule has 1 aromatic heterocycles. The first-order chi connectivity index (χ1) is 9.66. The third-order valence-corrected chi connectivity index (χ3v) is 3.32. The summed E-state index contributed by atoms with van der Waals surface area (Å²) in [6.07, 6.45) is 1.78. The fourth-order valence-corrected chi connectivity index (χ4v) is 2.38. The molecule has 0 bridgehead atoms. The minimum absolute atomic E-state index is 0.226. The quantitative estimate of drug-likeness (QED) is 0.790. The lowest BCUT2D eigenvalue weighted by Crippen LogP contribution is -2.05. The Balaban J connectivity index is 2.13. The molecule has 3 nitrogen and oxygen atoms in total. The number of hydrogen-bond acceptors (Lipinski definition) is 1. The van der Waals surface area contributed by atoms with Crippen molar-refractivity contribution in [1.82, 2.24) is 4.57 Å². The van der Waals surface area contributed by atoms with E-state index in [1.807, 2.05) is 12.1 Å². The second kappa shape index (κ2) is 4.81. The monoisotopic (exact) mass is 269 g/mol. The van der Waals surface area contributed by atoms with Crippen LogP contribution in [-0.4, -0.2) is 15.6 Å². The van der Waals surface area contributed by atoms with Crippen LogP contribution in [0.5, 0.6) is 0 Å². The van der Waals surface area contributed by atoms with Gasteiger partial charge < -0.3 is 9.67 Å². The number of rotatable bonds is 3. The van der Waals surface area contributed by atoms with Crippen LogP contribution in [-0.2, 0) is 6.54 Å². The molecular formula is C16H12FNO2. The molecule has 0 saturated carbocycles. The number of aromatic carboxylic acids is 1. The molecule has 1 N–H and O–H groups in total. The van der Waals surface area contributed by atoms with Crippen LogP contribution in [0.2, 0.25) is 0 Å². The normalized spacial score (nSPS) is 10.8. The predicted octanol–water partition coefficient (Wildman–Crippen LogP) is 3.53. The van der Waals surface area contributed by atoms with E-state index in [9.17, 15) is 14.3 Å². The maximum atomic E-state index is 13.7. The van der Waals surface area contributed by atoms with Gasteiger partial charge in [-0.1, -0.05) is 30.3 Å². The molecule has 100 valence electrons. The SMILES string of the molecule is O=C(O)c1cccc2ccn(Cc3ccccc3F)c12. The molecule has 0 aliphatic carbocycles. The number of hydrogen-bond donors (Lipinski definition) is 1. The van der Waals surface area contributed by atoms with Gasteiger partial charge in [-0.15, -0.1) is 0 Å². The summed E-state index contributed by atoms with van der Waals surface area (Å²) in [6, 6.07) is 13.4. The van der Waals surface area contributed by atoms with Crippen LogP contribution in [0.15, 0.2) is 54.7 Å². The third kappa shape index (κ3) is 2.05. The Bertz CT molecular complexity index is 792. The summed E-state index contributed by atoms with van der Waals surface area (Å²) in [7, 11) is 0. The van der Waals surface area contributed by atoms with Crippen LogP contribution >= 0.6 is 0 Å². The zero-order valence-electron chi connectivity index (χ0n) is 10.6. The van der Waals surface area contributed by atoms with Crippen molar-refractivity contribution in [3.05, 3.63) is 71.7 Å². The highest BCUT2D eigenvalue weighted by molar-refractivity contribution is 6.02. The first kappa shape index (κ1) is 12.4.